The molecule has 0 amide bonds. The Labute approximate surface area is 108 Å². The van der Waals surface area contributed by atoms with Crippen molar-refractivity contribution in [2.75, 3.05) is 33.4 Å². The highest BCUT2D eigenvalue weighted by Gasteiger charge is 2.24. The van der Waals surface area contributed by atoms with Crippen molar-refractivity contribution in [3.05, 3.63) is 18.0 Å². The van der Waals surface area contributed by atoms with Gasteiger partial charge in [-0.25, -0.2) is 0 Å². The summed E-state index contributed by atoms with van der Waals surface area (Å²) in [6.45, 7) is 3.28. The van der Waals surface area contributed by atoms with Crippen LogP contribution in [-0.2, 0) is 18.2 Å². The molecule has 0 saturated carbocycles. The van der Waals surface area contributed by atoms with Crippen LogP contribution in [0, 0.1) is 5.92 Å². The van der Waals surface area contributed by atoms with Crippen LogP contribution in [0.1, 0.15) is 12.0 Å². The van der Waals surface area contributed by atoms with Gasteiger partial charge in [-0.2, -0.15) is 5.10 Å². The highest BCUT2D eigenvalue weighted by atomic mass is 16.5. The maximum Gasteiger partial charge on any atom is 0.0900 e. The minimum absolute atomic E-state index is 0.368. The van der Waals surface area contributed by atoms with Crippen molar-refractivity contribution in [2.45, 2.75) is 18.9 Å². The minimum atomic E-state index is -0.368. The SMILES string of the molecule is COC[C@@H](O)CN1CC[C@H](Cc2cnn(C)c2)C1. The maximum atomic E-state index is 9.71. The minimum Gasteiger partial charge on any atom is -0.389 e. The number of rotatable bonds is 6. The van der Waals surface area contributed by atoms with Gasteiger partial charge in [0.1, 0.15) is 0 Å². The fraction of sp³-hybridized carbons (Fsp3) is 0.769. The van der Waals surface area contributed by atoms with Crippen LogP contribution in [0.5, 0.6) is 0 Å². The van der Waals surface area contributed by atoms with E-state index in [9.17, 15) is 5.11 Å². The third-order valence-electron chi connectivity index (χ3n) is 3.48. The molecule has 2 atom stereocenters. The highest BCUT2D eigenvalue weighted by molar-refractivity contribution is 5.05. The number of hydrogen-bond acceptors (Lipinski definition) is 4. The smallest absolute Gasteiger partial charge is 0.0900 e. The zero-order chi connectivity index (χ0) is 13.0. The second-order valence-electron chi connectivity index (χ2n) is 5.25. The largest absolute Gasteiger partial charge is 0.389 e. The molecule has 102 valence electrons. The zero-order valence-electron chi connectivity index (χ0n) is 11.2. The molecule has 0 aliphatic carbocycles. The van der Waals surface area contributed by atoms with Gasteiger partial charge in [-0.3, -0.25) is 4.68 Å². The van der Waals surface area contributed by atoms with E-state index >= 15 is 0 Å². The van der Waals surface area contributed by atoms with E-state index in [1.807, 2.05) is 17.9 Å². The molecule has 0 spiro atoms. The second kappa shape index (κ2) is 6.31. The van der Waals surface area contributed by atoms with Gasteiger partial charge in [0.15, 0.2) is 0 Å². The monoisotopic (exact) mass is 253 g/mol. The molecule has 2 rings (SSSR count). The van der Waals surface area contributed by atoms with Crippen LogP contribution in [0.2, 0.25) is 0 Å². The van der Waals surface area contributed by atoms with Crippen LogP contribution in [-0.4, -0.2) is 59.2 Å². The number of β-amino-alcohol motifs (C(OH)–C–C–N with tert-alkyl or cyclic N) is 1. The number of ether oxygens (including phenoxy) is 1. The molecule has 2 heterocycles. The number of aliphatic hydroxyl groups is 1. The van der Waals surface area contributed by atoms with Crippen LogP contribution >= 0.6 is 0 Å². The van der Waals surface area contributed by atoms with Gasteiger partial charge in [-0.15, -0.1) is 0 Å². The molecule has 5 heteroatoms. The van der Waals surface area contributed by atoms with Crippen molar-refractivity contribution in [2.24, 2.45) is 13.0 Å². The summed E-state index contributed by atoms with van der Waals surface area (Å²) in [6.07, 6.45) is 5.96. The molecule has 1 aliphatic rings. The van der Waals surface area contributed by atoms with Crippen LogP contribution in [0.25, 0.3) is 0 Å². The quantitative estimate of drug-likeness (QED) is 0.792. The van der Waals surface area contributed by atoms with Gasteiger partial charge in [-0.05, 0) is 30.9 Å². The van der Waals surface area contributed by atoms with Gasteiger partial charge in [0.05, 0.1) is 18.9 Å². The lowest BCUT2D eigenvalue weighted by Gasteiger charge is -2.19. The third kappa shape index (κ3) is 3.80. The molecular weight excluding hydrogens is 230 g/mol. The van der Waals surface area contributed by atoms with Crippen molar-refractivity contribution >= 4 is 0 Å². The Hall–Kier alpha value is -0.910. The maximum absolute atomic E-state index is 9.71. The lowest BCUT2D eigenvalue weighted by Crippen LogP contribution is -2.33. The van der Waals surface area contributed by atoms with Crippen molar-refractivity contribution in [3.63, 3.8) is 0 Å². The van der Waals surface area contributed by atoms with Crippen LogP contribution in [0.15, 0.2) is 12.4 Å². The Bertz CT molecular complexity index is 367. The Morgan fingerprint density at radius 1 is 1.61 bits per heavy atom. The molecule has 1 fully saturated rings. The van der Waals surface area contributed by atoms with Crippen molar-refractivity contribution in [1.29, 1.82) is 0 Å². The molecule has 0 radical (unpaired) electrons. The standard InChI is InChI=1S/C13H23N3O2/c1-15-7-12(6-14-15)5-11-3-4-16(8-11)9-13(17)10-18-2/h6-7,11,13,17H,3-5,8-10H2,1-2H3/t11-,13+/m1/s1. The number of aliphatic hydroxyl groups excluding tert-OH is 1. The first-order chi connectivity index (χ1) is 8.67. The predicted molar refractivity (Wildman–Crippen MR) is 69.3 cm³/mol. The topological polar surface area (TPSA) is 50.5 Å². The highest BCUT2D eigenvalue weighted by Crippen LogP contribution is 2.20. The van der Waals surface area contributed by atoms with Crippen LogP contribution in [0.4, 0.5) is 0 Å². The van der Waals surface area contributed by atoms with Crippen LogP contribution in [0.3, 0.4) is 0 Å². The summed E-state index contributed by atoms with van der Waals surface area (Å²) in [4.78, 5) is 2.32. The zero-order valence-corrected chi connectivity index (χ0v) is 11.2. The summed E-state index contributed by atoms with van der Waals surface area (Å²) in [6, 6.07) is 0. The summed E-state index contributed by atoms with van der Waals surface area (Å²) in [5.41, 5.74) is 1.31. The van der Waals surface area contributed by atoms with Gasteiger partial charge < -0.3 is 14.7 Å². The average molecular weight is 253 g/mol. The molecule has 0 bridgehead atoms. The third-order valence-corrected chi connectivity index (χ3v) is 3.48. The van der Waals surface area contributed by atoms with Gasteiger partial charge in [0.2, 0.25) is 0 Å². The summed E-state index contributed by atoms with van der Waals surface area (Å²) >= 11 is 0. The number of aryl methyl sites for hydroxylation is 1. The van der Waals surface area contributed by atoms with Crippen molar-refractivity contribution in [3.8, 4) is 0 Å². The number of methoxy groups -OCH3 is 1. The summed E-state index contributed by atoms with van der Waals surface area (Å²) in [5.74, 6) is 0.684. The van der Waals surface area contributed by atoms with Crippen LogP contribution < -0.4 is 0 Å². The Balaban J connectivity index is 1.74. The molecule has 0 aromatic carbocycles. The Morgan fingerprint density at radius 3 is 3.11 bits per heavy atom. The number of nitrogens with zero attached hydrogens (tertiary/aromatic N) is 3. The first kappa shape index (κ1) is 13.5. The van der Waals surface area contributed by atoms with Gasteiger partial charge in [0, 0.05) is 33.4 Å². The lowest BCUT2D eigenvalue weighted by molar-refractivity contribution is 0.0421. The predicted octanol–water partition coefficient (Wildman–Crippen LogP) is 0.292. The van der Waals surface area contributed by atoms with E-state index in [0.717, 1.165) is 26.1 Å². The van der Waals surface area contributed by atoms with E-state index in [0.29, 0.717) is 12.5 Å². The summed E-state index contributed by atoms with van der Waals surface area (Å²) in [5, 5.41) is 13.9. The molecule has 18 heavy (non-hydrogen) atoms. The summed E-state index contributed by atoms with van der Waals surface area (Å²) in [7, 11) is 3.57. The van der Waals surface area contributed by atoms with E-state index in [1.54, 1.807) is 7.11 Å². The number of likely N-dealkylation sites (tertiary alicyclic amines) is 1. The summed E-state index contributed by atoms with van der Waals surface area (Å²) < 4.78 is 6.80. The van der Waals surface area contributed by atoms with E-state index in [1.165, 1.54) is 12.0 Å². The van der Waals surface area contributed by atoms with Gasteiger partial charge in [0.25, 0.3) is 0 Å². The van der Waals surface area contributed by atoms with Crippen molar-refractivity contribution < 1.29 is 9.84 Å². The average Bonchev–Trinajstić information content (AvgIpc) is 2.89. The molecule has 5 nitrogen and oxygen atoms in total. The number of aromatic nitrogens is 2. The van der Waals surface area contributed by atoms with E-state index in [4.69, 9.17) is 4.74 Å². The molecular formula is C13H23N3O2. The van der Waals surface area contributed by atoms with E-state index in [-0.39, 0.29) is 6.10 Å². The van der Waals surface area contributed by atoms with Gasteiger partial charge in [-0.1, -0.05) is 0 Å². The molecule has 1 aliphatic heterocycles. The fourth-order valence-electron chi connectivity index (χ4n) is 2.70. The molecule has 1 aromatic heterocycles. The van der Waals surface area contributed by atoms with E-state index < -0.39 is 0 Å². The van der Waals surface area contributed by atoms with Crippen molar-refractivity contribution in [1.82, 2.24) is 14.7 Å². The second-order valence-corrected chi connectivity index (χ2v) is 5.25. The number of hydrogen-bond donors (Lipinski definition) is 1. The normalized spacial score (nSPS) is 22.5. The fourth-order valence-corrected chi connectivity index (χ4v) is 2.70. The molecule has 1 aromatic rings. The Morgan fingerprint density at radius 2 is 2.44 bits per heavy atom. The van der Waals surface area contributed by atoms with Gasteiger partial charge >= 0.3 is 0 Å². The molecule has 1 saturated heterocycles. The molecule has 0 unspecified atom stereocenters. The van der Waals surface area contributed by atoms with E-state index in [2.05, 4.69) is 16.2 Å². The first-order valence-electron chi connectivity index (χ1n) is 6.54. The Kier molecular flexibility index (Phi) is 4.74. The first-order valence-corrected chi connectivity index (χ1v) is 6.54. The lowest BCUT2D eigenvalue weighted by atomic mass is 10.0. The molecule has 1 N–H and O–H groups in total.